The standard InChI is InChI=1S/C12H10N4O3/c17-10-4-2-1-3-8(10)7-13-16-12(19)9-5-6-11(18)15-14-9/h1-7,17H,(H,15,18)(H,16,19)/b13-7+. The summed E-state index contributed by atoms with van der Waals surface area (Å²) in [5, 5.41) is 18.8. The van der Waals surface area contributed by atoms with Crippen molar-refractivity contribution in [2.24, 2.45) is 5.10 Å². The van der Waals surface area contributed by atoms with Crippen molar-refractivity contribution in [3.8, 4) is 5.75 Å². The number of phenolic OH excluding ortho intramolecular Hbond substituents is 1. The van der Waals surface area contributed by atoms with Crippen LogP contribution in [-0.2, 0) is 0 Å². The number of carbonyl (C=O) groups is 1. The van der Waals surface area contributed by atoms with Gasteiger partial charge in [-0.1, -0.05) is 12.1 Å². The summed E-state index contributed by atoms with van der Waals surface area (Å²) in [6, 6.07) is 9.02. The van der Waals surface area contributed by atoms with Gasteiger partial charge in [-0.05, 0) is 18.2 Å². The fourth-order valence-corrected chi connectivity index (χ4v) is 1.29. The van der Waals surface area contributed by atoms with E-state index in [1.807, 2.05) is 0 Å². The maximum atomic E-state index is 11.6. The Labute approximate surface area is 107 Å². The van der Waals surface area contributed by atoms with Crippen LogP contribution in [0.2, 0.25) is 0 Å². The Balaban J connectivity index is 2.03. The van der Waals surface area contributed by atoms with Crippen molar-refractivity contribution in [2.45, 2.75) is 0 Å². The quantitative estimate of drug-likeness (QED) is 0.541. The Morgan fingerprint density at radius 1 is 1.32 bits per heavy atom. The molecule has 1 heterocycles. The molecule has 7 heteroatoms. The number of hydrogen-bond acceptors (Lipinski definition) is 5. The molecule has 7 nitrogen and oxygen atoms in total. The number of hydrogen-bond donors (Lipinski definition) is 3. The molecule has 1 aromatic heterocycles. The predicted molar refractivity (Wildman–Crippen MR) is 68.0 cm³/mol. The fraction of sp³-hybridized carbons (Fsp3) is 0. The third kappa shape index (κ3) is 3.25. The number of amides is 1. The maximum absolute atomic E-state index is 11.6. The first-order valence-corrected chi connectivity index (χ1v) is 5.34. The van der Waals surface area contributed by atoms with E-state index in [1.165, 1.54) is 24.4 Å². The number of para-hydroxylation sites is 1. The average Bonchev–Trinajstić information content (AvgIpc) is 2.41. The van der Waals surface area contributed by atoms with Crippen molar-refractivity contribution >= 4 is 12.1 Å². The van der Waals surface area contributed by atoms with Crippen LogP contribution in [0.15, 0.2) is 46.3 Å². The molecule has 0 aliphatic rings. The largest absolute Gasteiger partial charge is 0.507 e. The minimum Gasteiger partial charge on any atom is -0.507 e. The lowest BCUT2D eigenvalue weighted by Gasteiger charge is -1.98. The lowest BCUT2D eigenvalue weighted by molar-refractivity contribution is 0.0949. The van der Waals surface area contributed by atoms with Gasteiger partial charge in [0.25, 0.3) is 11.5 Å². The normalized spacial score (nSPS) is 10.5. The molecule has 0 saturated carbocycles. The van der Waals surface area contributed by atoms with Crippen molar-refractivity contribution in [3.05, 3.63) is 58.0 Å². The van der Waals surface area contributed by atoms with E-state index in [4.69, 9.17) is 0 Å². The van der Waals surface area contributed by atoms with E-state index < -0.39 is 11.5 Å². The van der Waals surface area contributed by atoms with Crippen molar-refractivity contribution in [1.29, 1.82) is 0 Å². The summed E-state index contributed by atoms with van der Waals surface area (Å²) < 4.78 is 0. The zero-order valence-corrected chi connectivity index (χ0v) is 9.70. The SMILES string of the molecule is O=C(N/N=C/c1ccccc1O)c1ccc(=O)[nH]n1. The molecule has 1 amide bonds. The van der Waals surface area contributed by atoms with Crippen molar-refractivity contribution in [2.75, 3.05) is 0 Å². The summed E-state index contributed by atoms with van der Waals surface area (Å²) in [5.74, 6) is -0.509. The molecular formula is C12H10N4O3. The summed E-state index contributed by atoms with van der Waals surface area (Å²) in [7, 11) is 0. The van der Waals surface area contributed by atoms with E-state index in [1.54, 1.807) is 18.2 Å². The van der Waals surface area contributed by atoms with Gasteiger partial charge < -0.3 is 5.11 Å². The molecular weight excluding hydrogens is 248 g/mol. The minimum absolute atomic E-state index is 0.0361. The molecule has 0 saturated heterocycles. The topological polar surface area (TPSA) is 107 Å². The Bertz CT molecular complexity index is 658. The highest BCUT2D eigenvalue weighted by Crippen LogP contribution is 2.12. The van der Waals surface area contributed by atoms with Crippen LogP contribution in [0.25, 0.3) is 0 Å². The second-order valence-corrected chi connectivity index (χ2v) is 3.56. The van der Waals surface area contributed by atoms with E-state index >= 15 is 0 Å². The van der Waals surface area contributed by atoms with Gasteiger partial charge in [-0.3, -0.25) is 9.59 Å². The first-order valence-electron chi connectivity index (χ1n) is 5.34. The molecule has 0 unspecified atom stereocenters. The highest BCUT2D eigenvalue weighted by Gasteiger charge is 2.05. The molecule has 96 valence electrons. The van der Waals surface area contributed by atoms with Crippen molar-refractivity contribution in [3.63, 3.8) is 0 Å². The Hall–Kier alpha value is -2.96. The van der Waals surface area contributed by atoms with Crippen LogP contribution in [0, 0.1) is 0 Å². The minimum atomic E-state index is -0.567. The van der Waals surface area contributed by atoms with Crippen LogP contribution in [-0.4, -0.2) is 27.4 Å². The van der Waals surface area contributed by atoms with Crippen LogP contribution < -0.4 is 11.0 Å². The Morgan fingerprint density at radius 2 is 2.11 bits per heavy atom. The molecule has 0 aliphatic heterocycles. The van der Waals surface area contributed by atoms with Gasteiger partial charge in [0.05, 0.1) is 6.21 Å². The maximum Gasteiger partial charge on any atom is 0.291 e. The first-order chi connectivity index (χ1) is 9.16. The van der Waals surface area contributed by atoms with Gasteiger partial charge in [-0.25, -0.2) is 10.5 Å². The van der Waals surface area contributed by atoms with E-state index in [2.05, 4.69) is 20.7 Å². The molecule has 0 bridgehead atoms. The lowest BCUT2D eigenvalue weighted by atomic mass is 10.2. The third-order valence-electron chi connectivity index (χ3n) is 2.22. The molecule has 0 atom stereocenters. The van der Waals surface area contributed by atoms with Gasteiger partial charge in [0.15, 0.2) is 5.69 Å². The summed E-state index contributed by atoms with van der Waals surface area (Å²) in [4.78, 5) is 22.3. The molecule has 2 rings (SSSR count). The van der Waals surface area contributed by atoms with Gasteiger partial charge >= 0.3 is 0 Å². The second kappa shape index (κ2) is 5.58. The van der Waals surface area contributed by atoms with Crippen LogP contribution in [0.3, 0.4) is 0 Å². The Kier molecular flexibility index (Phi) is 3.67. The summed E-state index contributed by atoms with van der Waals surface area (Å²) in [6.45, 7) is 0. The molecule has 1 aromatic carbocycles. The lowest BCUT2D eigenvalue weighted by Crippen LogP contribution is -2.21. The van der Waals surface area contributed by atoms with Gasteiger partial charge in [0.1, 0.15) is 5.75 Å². The van der Waals surface area contributed by atoms with Gasteiger partial charge in [-0.2, -0.15) is 10.2 Å². The number of aromatic hydroxyl groups is 1. The Morgan fingerprint density at radius 3 is 2.79 bits per heavy atom. The number of H-pyrrole nitrogens is 1. The van der Waals surface area contributed by atoms with Crippen LogP contribution in [0.4, 0.5) is 0 Å². The number of nitrogens with one attached hydrogen (secondary N) is 2. The molecule has 0 fully saturated rings. The number of carbonyl (C=O) groups excluding carboxylic acids is 1. The van der Waals surface area contributed by atoms with E-state index in [0.29, 0.717) is 5.56 Å². The summed E-state index contributed by atoms with van der Waals surface area (Å²) in [6.07, 6.45) is 1.30. The van der Waals surface area contributed by atoms with Gasteiger partial charge in [0.2, 0.25) is 0 Å². The molecule has 3 N–H and O–H groups in total. The number of rotatable bonds is 3. The van der Waals surface area contributed by atoms with Crippen LogP contribution >= 0.6 is 0 Å². The van der Waals surface area contributed by atoms with E-state index in [0.717, 1.165) is 0 Å². The number of aromatic amines is 1. The number of phenols is 1. The monoisotopic (exact) mass is 258 g/mol. The molecule has 0 spiro atoms. The number of hydrazone groups is 1. The molecule has 2 aromatic rings. The molecule has 19 heavy (non-hydrogen) atoms. The van der Waals surface area contributed by atoms with Gasteiger partial charge in [0, 0.05) is 11.6 Å². The van der Waals surface area contributed by atoms with Crippen LogP contribution in [0.5, 0.6) is 5.75 Å². The van der Waals surface area contributed by atoms with Crippen molar-refractivity contribution < 1.29 is 9.90 Å². The molecule has 0 radical (unpaired) electrons. The second-order valence-electron chi connectivity index (χ2n) is 3.56. The fourth-order valence-electron chi connectivity index (χ4n) is 1.29. The number of nitrogens with zero attached hydrogens (tertiary/aromatic N) is 2. The zero-order valence-electron chi connectivity index (χ0n) is 9.70. The molecule has 0 aliphatic carbocycles. The number of aromatic nitrogens is 2. The van der Waals surface area contributed by atoms with Crippen molar-refractivity contribution in [1.82, 2.24) is 15.6 Å². The summed E-state index contributed by atoms with van der Waals surface area (Å²) in [5.41, 5.74) is 2.34. The van der Waals surface area contributed by atoms with Gasteiger partial charge in [-0.15, -0.1) is 0 Å². The highest BCUT2D eigenvalue weighted by atomic mass is 16.3. The highest BCUT2D eigenvalue weighted by molar-refractivity contribution is 5.93. The zero-order chi connectivity index (χ0) is 13.7. The van der Waals surface area contributed by atoms with Crippen LogP contribution in [0.1, 0.15) is 16.1 Å². The summed E-state index contributed by atoms with van der Waals surface area (Å²) >= 11 is 0. The smallest absolute Gasteiger partial charge is 0.291 e. The van der Waals surface area contributed by atoms with E-state index in [9.17, 15) is 14.7 Å². The third-order valence-corrected chi connectivity index (χ3v) is 2.22. The first kappa shape index (κ1) is 12.5. The average molecular weight is 258 g/mol. The number of benzene rings is 1. The van der Waals surface area contributed by atoms with E-state index in [-0.39, 0.29) is 11.4 Å². The predicted octanol–water partition coefficient (Wildman–Crippen LogP) is 0.239.